The number of ether oxygens (including phenoxy) is 1. The van der Waals surface area contributed by atoms with Gasteiger partial charge in [0.25, 0.3) is 0 Å². The second-order valence-electron chi connectivity index (χ2n) is 16.7. The summed E-state index contributed by atoms with van der Waals surface area (Å²) >= 11 is 25.6. The molecule has 0 N–H and O–H groups in total. The first-order valence-electron chi connectivity index (χ1n) is 21.9. The molecule has 0 bridgehead atoms. The van der Waals surface area contributed by atoms with Crippen molar-refractivity contribution >= 4 is 57.7 Å². The van der Waals surface area contributed by atoms with Gasteiger partial charge < -0.3 is 4.74 Å². The van der Waals surface area contributed by atoms with Crippen LogP contribution in [0.25, 0.3) is 55.8 Å². The molecule has 6 aromatic heterocycles. The lowest BCUT2D eigenvalue weighted by Crippen LogP contribution is -2.10. The van der Waals surface area contributed by atoms with Gasteiger partial charge in [-0.2, -0.15) is 13.2 Å². The minimum atomic E-state index is -4.49. The summed E-state index contributed by atoms with van der Waals surface area (Å²) in [6, 6.07) is 37.3. The molecular weight excluding hydrogens is 975 g/mol. The fraction of sp³-hybridized carbons (Fsp3) is 0.148. The molecule has 0 aliphatic rings. The zero-order valence-corrected chi connectivity index (χ0v) is 41.3. The first-order chi connectivity index (χ1) is 33.5. The smallest absolute Gasteiger partial charge is 0.433 e. The summed E-state index contributed by atoms with van der Waals surface area (Å²) in [6.45, 7) is 7.54. The van der Waals surface area contributed by atoms with Crippen molar-refractivity contribution in [2.45, 2.75) is 46.7 Å². The van der Waals surface area contributed by atoms with E-state index in [0.29, 0.717) is 55.0 Å². The average molecular weight is 1020 g/mol. The lowest BCUT2D eigenvalue weighted by atomic mass is 9.95. The largest absolute Gasteiger partial charge is 0.497 e. The highest BCUT2D eigenvalue weighted by Crippen LogP contribution is 2.40. The lowest BCUT2D eigenvalue weighted by molar-refractivity contribution is -0.141. The number of fused-ring (bicyclic) bond motifs is 2. The number of nitrogens with zero attached hydrogens (tertiary/aromatic N) is 8. The Labute approximate surface area is 421 Å². The Bertz CT molecular complexity index is 3580. The molecule has 0 aliphatic heterocycles. The van der Waals surface area contributed by atoms with Crippen LogP contribution in [0.1, 0.15) is 51.1 Å². The Kier molecular flexibility index (Phi) is 13.7. The first kappa shape index (κ1) is 48.2. The van der Waals surface area contributed by atoms with E-state index >= 15 is 0 Å². The van der Waals surface area contributed by atoms with Gasteiger partial charge in [-0.15, -0.1) is 20.4 Å². The average Bonchev–Trinajstić information content (AvgIpc) is 3.92. The van der Waals surface area contributed by atoms with Crippen LogP contribution in [0.15, 0.2) is 134 Å². The highest BCUT2D eigenvalue weighted by atomic mass is 35.5. The van der Waals surface area contributed by atoms with E-state index in [0.717, 1.165) is 84.6 Å². The third-order valence-corrected chi connectivity index (χ3v) is 13.1. The highest BCUT2D eigenvalue weighted by molar-refractivity contribution is 6.34. The molecule has 0 aliphatic carbocycles. The zero-order valence-electron chi connectivity index (χ0n) is 38.2. The second kappa shape index (κ2) is 19.9. The number of aryl methyl sites for hydroxylation is 4. The van der Waals surface area contributed by atoms with Crippen LogP contribution in [0.2, 0.25) is 20.1 Å². The number of hydrogen-bond acceptors (Lipinski definition) is 7. The summed E-state index contributed by atoms with van der Waals surface area (Å²) in [5, 5.41) is 20.1. The highest BCUT2D eigenvalue weighted by Gasteiger charge is 2.33. The van der Waals surface area contributed by atoms with Crippen LogP contribution in [0.4, 0.5) is 13.2 Å². The Morgan fingerprint density at radius 3 is 1.44 bits per heavy atom. The van der Waals surface area contributed by atoms with Crippen molar-refractivity contribution in [1.82, 2.24) is 39.2 Å². The maximum Gasteiger partial charge on any atom is 0.433 e. The molecule has 0 saturated carbocycles. The standard InChI is InChI=1S/C27H19Cl2F3N4.C27H22Cl2N4O/c1-15-3-9-20(23(29)11-15)22-14-36-25(12-18-6-10-24(27(30,31)32)33-16(18)2)34-35-26(36)13-21(22)17-4-7-19(28)8-5-17;1-16-4-5-19(17(2)30-16)12-26-31-32-27-14-23(18-6-8-20(28)9-7-18)24(15-33(26)27)22-11-10-21(34-3)13-25(22)29/h3-11,13-14H,12H2,1-2H3;4-11,13-15H,12H2,1-3H3. The summed E-state index contributed by atoms with van der Waals surface area (Å²) in [5.74, 6) is 2.11. The maximum absolute atomic E-state index is 13.0. The summed E-state index contributed by atoms with van der Waals surface area (Å²) in [6.07, 6.45) is 0.359. The van der Waals surface area contributed by atoms with E-state index in [4.69, 9.17) is 51.1 Å². The van der Waals surface area contributed by atoms with Crippen molar-refractivity contribution in [3.63, 3.8) is 0 Å². The predicted octanol–water partition coefficient (Wildman–Crippen LogP) is 15.0. The zero-order chi connectivity index (χ0) is 49.4. The van der Waals surface area contributed by atoms with E-state index < -0.39 is 11.9 Å². The van der Waals surface area contributed by atoms with Crippen molar-refractivity contribution in [2.24, 2.45) is 0 Å². The summed E-state index contributed by atoms with van der Waals surface area (Å²) in [5.41, 5.74) is 12.9. The van der Waals surface area contributed by atoms with Crippen LogP contribution in [0.3, 0.4) is 0 Å². The van der Waals surface area contributed by atoms with Crippen molar-refractivity contribution < 1.29 is 17.9 Å². The molecule has 352 valence electrons. The Hall–Kier alpha value is -6.83. The van der Waals surface area contributed by atoms with Gasteiger partial charge in [0.15, 0.2) is 11.3 Å². The third kappa shape index (κ3) is 10.2. The number of methoxy groups -OCH3 is 1. The summed E-state index contributed by atoms with van der Waals surface area (Å²) < 4.78 is 48.3. The van der Waals surface area contributed by atoms with Gasteiger partial charge in [-0.25, -0.2) is 4.98 Å². The minimum absolute atomic E-state index is 0.263. The number of hydrogen-bond donors (Lipinski definition) is 0. The lowest BCUT2D eigenvalue weighted by Gasteiger charge is -2.14. The quantitative estimate of drug-likeness (QED) is 0.142. The van der Waals surface area contributed by atoms with Gasteiger partial charge in [0.2, 0.25) is 0 Å². The maximum atomic E-state index is 13.0. The van der Waals surface area contributed by atoms with Crippen LogP contribution in [-0.2, 0) is 19.0 Å². The third-order valence-electron chi connectivity index (χ3n) is 11.9. The molecular formula is C54H41Cl4F3N8O. The normalized spacial score (nSPS) is 11.5. The van der Waals surface area contributed by atoms with Crippen LogP contribution < -0.4 is 4.74 Å². The number of halogens is 7. The minimum Gasteiger partial charge on any atom is -0.497 e. The molecule has 0 amide bonds. The van der Waals surface area contributed by atoms with E-state index in [2.05, 4.69) is 42.6 Å². The summed E-state index contributed by atoms with van der Waals surface area (Å²) in [4.78, 5) is 8.33. The van der Waals surface area contributed by atoms with Gasteiger partial charge in [-0.05, 0) is 139 Å². The van der Waals surface area contributed by atoms with E-state index in [1.807, 2.05) is 139 Å². The molecule has 0 fully saturated rings. The molecule has 0 atom stereocenters. The van der Waals surface area contributed by atoms with Gasteiger partial charge in [0.05, 0.1) is 12.1 Å². The van der Waals surface area contributed by atoms with Gasteiger partial charge in [-0.1, -0.05) is 94.9 Å². The van der Waals surface area contributed by atoms with Crippen LogP contribution >= 0.6 is 46.4 Å². The van der Waals surface area contributed by atoms with E-state index in [1.54, 1.807) is 14.0 Å². The molecule has 0 radical (unpaired) electrons. The van der Waals surface area contributed by atoms with Crippen molar-refractivity contribution in [3.05, 3.63) is 205 Å². The fourth-order valence-corrected chi connectivity index (χ4v) is 9.09. The number of aromatic nitrogens is 8. The van der Waals surface area contributed by atoms with Crippen LogP contribution in [-0.4, -0.2) is 46.3 Å². The molecule has 0 spiro atoms. The van der Waals surface area contributed by atoms with Gasteiger partial charge in [0, 0.05) is 79.6 Å². The van der Waals surface area contributed by atoms with Crippen molar-refractivity contribution in [2.75, 3.05) is 7.11 Å². The Balaban J connectivity index is 0.000000174. The molecule has 16 heteroatoms. The molecule has 4 aromatic carbocycles. The van der Waals surface area contributed by atoms with Gasteiger partial charge in [-0.3, -0.25) is 13.8 Å². The predicted molar refractivity (Wildman–Crippen MR) is 272 cm³/mol. The number of pyridine rings is 4. The summed E-state index contributed by atoms with van der Waals surface area (Å²) in [7, 11) is 1.63. The SMILES string of the molecule is COc1ccc(-c2cn3c(Cc4ccc(C)nc4C)nnc3cc2-c2ccc(Cl)cc2)c(Cl)c1.Cc1ccc(-c2cn3c(Cc4ccc(C(F)(F)F)nc4C)nnc3cc2-c2ccc(Cl)cc2)c(Cl)c1. The molecule has 9 nitrogen and oxygen atoms in total. The monoisotopic (exact) mass is 1010 g/mol. The van der Waals surface area contributed by atoms with E-state index in [9.17, 15) is 13.2 Å². The topological polar surface area (TPSA) is 95.4 Å². The molecule has 10 rings (SSSR count). The first-order valence-corrected chi connectivity index (χ1v) is 23.4. The molecule has 0 unspecified atom stereocenters. The molecule has 0 saturated heterocycles. The van der Waals surface area contributed by atoms with E-state index in [-0.39, 0.29) is 6.42 Å². The van der Waals surface area contributed by atoms with Crippen molar-refractivity contribution in [1.29, 1.82) is 0 Å². The molecule has 10 aromatic rings. The number of benzene rings is 4. The molecule has 6 heterocycles. The van der Waals surface area contributed by atoms with E-state index in [1.165, 1.54) is 6.07 Å². The Morgan fingerprint density at radius 1 is 0.500 bits per heavy atom. The Morgan fingerprint density at radius 2 is 0.986 bits per heavy atom. The second-order valence-corrected chi connectivity index (χ2v) is 18.4. The van der Waals surface area contributed by atoms with Crippen LogP contribution in [0, 0.1) is 27.7 Å². The number of rotatable bonds is 9. The number of alkyl halides is 3. The molecule has 70 heavy (non-hydrogen) atoms. The van der Waals surface area contributed by atoms with Crippen LogP contribution in [0.5, 0.6) is 5.75 Å². The van der Waals surface area contributed by atoms with Gasteiger partial charge in [0.1, 0.15) is 23.1 Å². The van der Waals surface area contributed by atoms with Crippen molar-refractivity contribution in [3.8, 4) is 50.3 Å². The fourth-order valence-electron chi connectivity index (χ4n) is 8.23. The van der Waals surface area contributed by atoms with Gasteiger partial charge >= 0.3 is 6.18 Å².